The minimum Gasteiger partial charge on any atom is -0.489 e. The highest BCUT2D eigenvalue weighted by atomic mass is 16.5. The molecule has 0 N–H and O–H groups in total. The third-order valence-corrected chi connectivity index (χ3v) is 5.72. The van der Waals surface area contributed by atoms with E-state index in [1.54, 1.807) is 60.7 Å². The van der Waals surface area contributed by atoms with E-state index in [2.05, 4.69) is 0 Å². The minimum atomic E-state index is -0.558. The molecule has 38 heavy (non-hydrogen) atoms. The molecule has 0 unspecified atom stereocenters. The molecule has 1 aliphatic heterocycles. The molecule has 0 aromatic heterocycles. The molecule has 4 aromatic rings. The van der Waals surface area contributed by atoms with Crippen LogP contribution in [0.2, 0.25) is 0 Å². The van der Waals surface area contributed by atoms with Gasteiger partial charge < -0.3 is 18.9 Å². The summed E-state index contributed by atoms with van der Waals surface area (Å²) in [5.74, 6) is 0.489. The van der Waals surface area contributed by atoms with Crippen LogP contribution >= 0.6 is 0 Å². The summed E-state index contributed by atoms with van der Waals surface area (Å²) in [6.07, 6.45) is 0. The first-order chi connectivity index (χ1) is 18.5. The smallest absolute Gasteiger partial charge is 0.343 e. The fourth-order valence-electron chi connectivity index (χ4n) is 3.81. The van der Waals surface area contributed by atoms with Gasteiger partial charge in [0.2, 0.25) is 0 Å². The summed E-state index contributed by atoms with van der Waals surface area (Å²) < 4.78 is 22.7. The van der Waals surface area contributed by atoms with Crippen molar-refractivity contribution in [2.24, 2.45) is 0 Å². The average Bonchev–Trinajstić information content (AvgIpc) is 2.94. The minimum absolute atomic E-state index is 0.245. The van der Waals surface area contributed by atoms with Crippen LogP contribution in [-0.2, 0) is 0 Å². The molecule has 0 amide bonds. The third-order valence-electron chi connectivity index (χ3n) is 5.72. The van der Waals surface area contributed by atoms with Crippen LogP contribution in [0.1, 0.15) is 31.8 Å². The number of ether oxygens (including phenoxy) is 4. The van der Waals surface area contributed by atoms with Crippen LogP contribution in [0.5, 0.6) is 23.0 Å². The molecule has 0 saturated heterocycles. The van der Waals surface area contributed by atoms with Gasteiger partial charge in [-0.1, -0.05) is 0 Å². The number of rotatable bonds is 4. The van der Waals surface area contributed by atoms with E-state index >= 15 is 0 Å². The normalized spacial score (nSPS) is 11.5. The molecular weight excluding hydrogens is 484 g/mol. The molecular formula is C30H18N2O6. The monoisotopic (exact) mass is 502 g/mol. The first kappa shape index (κ1) is 24.1. The van der Waals surface area contributed by atoms with E-state index in [9.17, 15) is 9.59 Å². The highest BCUT2D eigenvalue weighted by Gasteiger charge is 2.19. The van der Waals surface area contributed by atoms with Crippen LogP contribution in [-0.4, -0.2) is 25.2 Å². The Hall–Kier alpha value is -5.60. The van der Waals surface area contributed by atoms with Gasteiger partial charge in [0.05, 0.1) is 34.4 Å². The SMILES string of the molecule is N#Cc1ccc(C(=O)Oc2ccc3c(c2)OCCOc2cc(OC(=O)c4ccc(C#N)cc4)ccc2-3)cc1. The molecule has 0 fully saturated rings. The summed E-state index contributed by atoms with van der Waals surface area (Å²) in [5, 5.41) is 17.8. The van der Waals surface area contributed by atoms with Crippen molar-refractivity contribution < 1.29 is 28.5 Å². The van der Waals surface area contributed by atoms with E-state index in [0.717, 1.165) is 0 Å². The van der Waals surface area contributed by atoms with Crippen molar-refractivity contribution in [2.75, 3.05) is 13.2 Å². The van der Waals surface area contributed by atoms with Crippen molar-refractivity contribution in [3.63, 3.8) is 0 Å². The molecule has 0 spiro atoms. The second-order valence-electron chi connectivity index (χ2n) is 8.17. The van der Waals surface area contributed by atoms with Gasteiger partial charge in [0.15, 0.2) is 0 Å². The number of nitriles is 2. The second-order valence-corrected chi connectivity index (χ2v) is 8.17. The highest BCUT2D eigenvalue weighted by Crippen LogP contribution is 2.41. The first-order valence-electron chi connectivity index (χ1n) is 11.5. The quantitative estimate of drug-likeness (QED) is 0.272. The molecule has 0 bridgehead atoms. The lowest BCUT2D eigenvalue weighted by Crippen LogP contribution is -2.14. The lowest BCUT2D eigenvalue weighted by molar-refractivity contribution is 0.0724. The Morgan fingerprint density at radius 3 is 1.37 bits per heavy atom. The zero-order valence-corrected chi connectivity index (χ0v) is 19.8. The van der Waals surface area contributed by atoms with Gasteiger partial charge in [-0.2, -0.15) is 10.5 Å². The second kappa shape index (κ2) is 10.6. The van der Waals surface area contributed by atoms with Crippen LogP contribution in [0.4, 0.5) is 0 Å². The standard InChI is InChI=1S/C30H18N2O6/c31-17-19-1-5-21(6-2-19)29(33)37-23-9-11-25-26-12-10-24(16-28(26)36-14-13-35-27(25)15-23)38-30(34)22-7-3-20(18-32)4-8-22/h1-12,15-16H,13-14H2. The maximum absolute atomic E-state index is 12.5. The van der Waals surface area contributed by atoms with Crippen LogP contribution < -0.4 is 18.9 Å². The van der Waals surface area contributed by atoms with E-state index in [1.807, 2.05) is 12.1 Å². The van der Waals surface area contributed by atoms with Gasteiger partial charge in [0.25, 0.3) is 0 Å². The van der Waals surface area contributed by atoms with Crippen LogP contribution in [0, 0.1) is 22.7 Å². The summed E-state index contributed by atoms with van der Waals surface area (Å²) >= 11 is 0. The Morgan fingerprint density at radius 2 is 1.00 bits per heavy atom. The molecule has 1 heterocycles. The fraction of sp³-hybridized carbons (Fsp3) is 0.0667. The van der Waals surface area contributed by atoms with E-state index in [0.29, 0.717) is 56.4 Å². The molecule has 4 aromatic carbocycles. The molecule has 0 saturated carbocycles. The average molecular weight is 502 g/mol. The van der Waals surface area contributed by atoms with Crippen LogP contribution in [0.3, 0.4) is 0 Å². The third kappa shape index (κ3) is 5.15. The van der Waals surface area contributed by atoms with E-state index in [-0.39, 0.29) is 13.2 Å². The summed E-state index contributed by atoms with van der Waals surface area (Å²) in [7, 11) is 0. The van der Waals surface area contributed by atoms with Gasteiger partial charge in [0, 0.05) is 23.3 Å². The van der Waals surface area contributed by atoms with Gasteiger partial charge in [-0.3, -0.25) is 0 Å². The van der Waals surface area contributed by atoms with Gasteiger partial charge in [-0.05, 0) is 72.8 Å². The Kier molecular flexibility index (Phi) is 6.71. The fourth-order valence-corrected chi connectivity index (χ4v) is 3.81. The predicted octanol–water partition coefficient (Wildman–Crippen LogP) is 5.31. The zero-order valence-electron chi connectivity index (χ0n) is 19.8. The van der Waals surface area contributed by atoms with Gasteiger partial charge in [-0.15, -0.1) is 0 Å². The highest BCUT2D eigenvalue weighted by molar-refractivity contribution is 5.92. The molecule has 8 nitrogen and oxygen atoms in total. The van der Waals surface area contributed by atoms with Crippen LogP contribution in [0.15, 0.2) is 84.9 Å². The topological polar surface area (TPSA) is 119 Å². The van der Waals surface area contributed by atoms with Crippen molar-refractivity contribution in [1.29, 1.82) is 10.5 Å². The number of hydrogen-bond donors (Lipinski definition) is 0. The number of esters is 2. The first-order valence-corrected chi connectivity index (χ1v) is 11.5. The summed E-state index contributed by atoms with van der Waals surface area (Å²) in [6.45, 7) is 0.490. The van der Waals surface area contributed by atoms with Gasteiger partial charge >= 0.3 is 11.9 Å². The van der Waals surface area contributed by atoms with Gasteiger partial charge in [-0.25, -0.2) is 9.59 Å². The van der Waals surface area contributed by atoms with Crippen molar-refractivity contribution >= 4 is 11.9 Å². The molecule has 184 valence electrons. The lowest BCUT2D eigenvalue weighted by atomic mass is 10.0. The van der Waals surface area contributed by atoms with Crippen molar-refractivity contribution in [2.45, 2.75) is 0 Å². The van der Waals surface area contributed by atoms with Gasteiger partial charge in [0.1, 0.15) is 36.2 Å². The molecule has 8 heteroatoms. The number of benzene rings is 4. The Morgan fingerprint density at radius 1 is 0.605 bits per heavy atom. The molecule has 0 aliphatic carbocycles. The van der Waals surface area contributed by atoms with E-state index < -0.39 is 11.9 Å². The lowest BCUT2D eigenvalue weighted by Gasteiger charge is -2.20. The summed E-state index contributed by atoms with van der Waals surface area (Å²) in [6, 6.07) is 26.4. The van der Waals surface area contributed by atoms with Crippen molar-refractivity contribution in [3.8, 4) is 46.3 Å². The maximum atomic E-state index is 12.5. The number of hydrogen-bond acceptors (Lipinski definition) is 8. The van der Waals surface area contributed by atoms with Crippen LogP contribution in [0.25, 0.3) is 11.1 Å². The number of carbonyl (C=O) groups excluding carboxylic acids is 2. The maximum Gasteiger partial charge on any atom is 0.343 e. The largest absolute Gasteiger partial charge is 0.489 e. The molecule has 0 atom stereocenters. The van der Waals surface area contributed by atoms with Crippen molar-refractivity contribution in [1.82, 2.24) is 0 Å². The van der Waals surface area contributed by atoms with E-state index in [4.69, 9.17) is 29.5 Å². The van der Waals surface area contributed by atoms with Crippen molar-refractivity contribution in [3.05, 3.63) is 107 Å². The Bertz CT molecular complexity index is 1490. The molecule has 1 aliphatic rings. The summed E-state index contributed by atoms with van der Waals surface area (Å²) in [4.78, 5) is 25.1. The molecule has 5 rings (SSSR count). The predicted molar refractivity (Wildman–Crippen MR) is 135 cm³/mol. The zero-order chi connectivity index (χ0) is 26.5. The Balaban J connectivity index is 1.36. The number of fused-ring (bicyclic) bond motifs is 3. The summed E-state index contributed by atoms with van der Waals surface area (Å²) in [5.41, 5.74) is 2.95. The number of carbonyl (C=O) groups is 2. The molecule has 0 radical (unpaired) electrons. The van der Waals surface area contributed by atoms with E-state index in [1.165, 1.54) is 24.3 Å². The number of nitrogens with zero attached hydrogens (tertiary/aromatic N) is 2. The Labute approximate surface area is 217 Å².